The van der Waals surface area contributed by atoms with Gasteiger partial charge >= 0.3 is 0 Å². The molecule has 86 valence electrons. The summed E-state index contributed by atoms with van der Waals surface area (Å²) in [5.74, 6) is 2.35. The quantitative estimate of drug-likeness (QED) is 0.766. The second-order valence-electron chi connectivity index (χ2n) is 4.63. The van der Waals surface area contributed by atoms with Crippen LogP contribution in [0.25, 0.3) is 0 Å². The zero-order valence-electron chi connectivity index (χ0n) is 9.97. The predicted octanol–water partition coefficient (Wildman–Crippen LogP) is 3.97. The molecule has 0 spiro atoms. The first-order valence-corrected chi connectivity index (χ1v) is 6.07. The van der Waals surface area contributed by atoms with Gasteiger partial charge in [0.15, 0.2) is 0 Å². The Morgan fingerprint density at radius 2 is 1.41 bits per heavy atom. The highest BCUT2D eigenvalue weighted by Gasteiger charge is 2.39. The van der Waals surface area contributed by atoms with Crippen LogP contribution in [-0.2, 0) is 0 Å². The number of ether oxygens (including phenoxy) is 1. The Balaban J connectivity index is 1.76. The molecular weight excluding hydrogens is 208 g/mol. The zero-order chi connectivity index (χ0) is 11.7. The van der Waals surface area contributed by atoms with Gasteiger partial charge < -0.3 is 4.74 Å². The van der Waals surface area contributed by atoms with Crippen LogP contribution < -0.4 is 4.74 Å². The molecule has 1 saturated carbocycles. The molecule has 1 aliphatic rings. The van der Waals surface area contributed by atoms with Gasteiger partial charge in [-0.2, -0.15) is 0 Å². The minimum absolute atomic E-state index is 0.698. The van der Waals surface area contributed by atoms with Crippen molar-refractivity contribution in [2.24, 2.45) is 0 Å². The molecule has 0 saturated heterocycles. The molecule has 2 aromatic rings. The van der Waals surface area contributed by atoms with Gasteiger partial charge in [0.25, 0.3) is 0 Å². The molecule has 1 aliphatic carbocycles. The van der Waals surface area contributed by atoms with E-state index in [1.807, 2.05) is 0 Å². The Labute approximate surface area is 102 Å². The summed E-state index contributed by atoms with van der Waals surface area (Å²) >= 11 is 0. The van der Waals surface area contributed by atoms with Crippen molar-refractivity contribution in [2.75, 3.05) is 7.11 Å². The summed E-state index contributed by atoms with van der Waals surface area (Å²) in [7, 11) is 1.71. The second kappa shape index (κ2) is 4.25. The maximum absolute atomic E-state index is 5.18. The molecule has 0 amide bonds. The first-order chi connectivity index (χ1) is 8.38. The van der Waals surface area contributed by atoms with E-state index in [0.29, 0.717) is 11.8 Å². The third kappa shape index (κ3) is 2.05. The van der Waals surface area contributed by atoms with E-state index >= 15 is 0 Å². The van der Waals surface area contributed by atoms with Gasteiger partial charge in [-0.3, -0.25) is 0 Å². The van der Waals surface area contributed by atoms with Crippen LogP contribution in [0.15, 0.2) is 54.6 Å². The Hall–Kier alpha value is -1.76. The van der Waals surface area contributed by atoms with E-state index in [4.69, 9.17) is 4.74 Å². The molecule has 1 fully saturated rings. The van der Waals surface area contributed by atoms with Crippen LogP contribution in [0.1, 0.15) is 29.4 Å². The smallest absolute Gasteiger partial charge is 0.118 e. The molecule has 2 atom stereocenters. The second-order valence-corrected chi connectivity index (χ2v) is 4.63. The van der Waals surface area contributed by atoms with Crippen molar-refractivity contribution in [1.82, 2.24) is 0 Å². The molecule has 2 aromatic carbocycles. The minimum Gasteiger partial charge on any atom is -0.497 e. The van der Waals surface area contributed by atoms with Gasteiger partial charge in [-0.25, -0.2) is 0 Å². The molecule has 1 nitrogen and oxygen atoms in total. The SMILES string of the molecule is COc1ccc([C@H]2C[C@@H]2c2ccccc2)cc1. The molecule has 0 N–H and O–H groups in total. The fourth-order valence-electron chi connectivity index (χ4n) is 2.48. The topological polar surface area (TPSA) is 9.23 Å². The van der Waals surface area contributed by atoms with Crippen molar-refractivity contribution in [1.29, 1.82) is 0 Å². The fraction of sp³-hybridized carbons (Fsp3) is 0.250. The molecule has 0 aromatic heterocycles. The number of hydrogen-bond acceptors (Lipinski definition) is 1. The molecule has 0 heterocycles. The largest absolute Gasteiger partial charge is 0.497 e. The average Bonchev–Trinajstić information content (AvgIpc) is 3.20. The van der Waals surface area contributed by atoms with Gasteiger partial charge in [0, 0.05) is 0 Å². The summed E-state index contributed by atoms with van der Waals surface area (Å²) < 4.78 is 5.18. The fourth-order valence-corrected chi connectivity index (χ4v) is 2.48. The van der Waals surface area contributed by atoms with Crippen LogP contribution in [0.4, 0.5) is 0 Å². The van der Waals surface area contributed by atoms with E-state index in [1.165, 1.54) is 17.5 Å². The van der Waals surface area contributed by atoms with Gasteiger partial charge in [-0.1, -0.05) is 42.5 Å². The highest BCUT2D eigenvalue weighted by atomic mass is 16.5. The van der Waals surface area contributed by atoms with Crippen LogP contribution >= 0.6 is 0 Å². The molecular formula is C16H16O. The van der Waals surface area contributed by atoms with Gasteiger partial charge in [-0.05, 0) is 41.5 Å². The van der Waals surface area contributed by atoms with Crippen LogP contribution in [0.3, 0.4) is 0 Å². The van der Waals surface area contributed by atoms with E-state index in [0.717, 1.165) is 5.75 Å². The lowest BCUT2D eigenvalue weighted by Gasteiger charge is -2.03. The third-order valence-corrected chi connectivity index (χ3v) is 3.56. The van der Waals surface area contributed by atoms with Gasteiger partial charge in [0.1, 0.15) is 5.75 Å². The minimum atomic E-state index is 0.698. The van der Waals surface area contributed by atoms with Crippen LogP contribution in [-0.4, -0.2) is 7.11 Å². The standard InChI is InChI=1S/C16H16O/c1-17-14-9-7-13(8-10-14)16-11-15(16)12-5-3-2-4-6-12/h2-10,15-16H,11H2,1H3/t15-,16-/m1/s1. The highest BCUT2D eigenvalue weighted by Crippen LogP contribution is 2.54. The number of methoxy groups -OCH3 is 1. The molecule has 1 heteroatoms. The summed E-state index contributed by atoms with van der Waals surface area (Å²) in [5, 5.41) is 0. The van der Waals surface area contributed by atoms with Crippen molar-refractivity contribution < 1.29 is 4.74 Å². The summed E-state index contributed by atoms with van der Waals surface area (Å²) in [6.45, 7) is 0. The number of benzene rings is 2. The Morgan fingerprint density at radius 3 is 2.00 bits per heavy atom. The Bertz CT molecular complexity index is 487. The average molecular weight is 224 g/mol. The molecule has 0 unspecified atom stereocenters. The molecule has 0 bridgehead atoms. The van der Waals surface area contributed by atoms with Crippen molar-refractivity contribution in [3.05, 3.63) is 65.7 Å². The van der Waals surface area contributed by atoms with Gasteiger partial charge in [-0.15, -0.1) is 0 Å². The molecule has 0 aliphatic heterocycles. The lowest BCUT2D eigenvalue weighted by Crippen LogP contribution is -1.86. The van der Waals surface area contributed by atoms with Crippen molar-refractivity contribution >= 4 is 0 Å². The van der Waals surface area contributed by atoms with E-state index in [-0.39, 0.29) is 0 Å². The summed E-state index contributed by atoms with van der Waals surface area (Å²) in [6.07, 6.45) is 1.27. The van der Waals surface area contributed by atoms with Crippen LogP contribution in [0.5, 0.6) is 5.75 Å². The van der Waals surface area contributed by atoms with E-state index in [9.17, 15) is 0 Å². The zero-order valence-corrected chi connectivity index (χ0v) is 9.97. The first kappa shape index (κ1) is 10.4. The van der Waals surface area contributed by atoms with Crippen LogP contribution in [0.2, 0.25) is 0 Å². The molecule has 0 radical (unpaired) electrons. The summed E-state index contributed by atoms with van der Waals surface area (Å²) in [5.41, 5.74) is 2.90. The number of rotatable bonds is 3. The monoisotopic (exact) mass is 224 g/mol. The summed E-state index contributed by atoms with van der Waals surface area (Å²) in [4.78, 5) is 0. The van der Waals surface area contributed by atoms with Crippen molar-refractivity contribution in [3.63, 3.8) is 0 Å². The Kier molecular flexibility index (Phi) is 2.60. The van der Waals surface area contributed by atoms with Gasteiger partial charge in [0.2, 0.25) is 0 Å². The normalized spacial score (nSPS) is 22.2. The number of hydrogen-bond donors (Lipinski definition) is 0. The Morgan fingerprint density at radius 1 is 0.824 bits per heavy atom. The van der Waals surface area contributed by atoms with E-state index in [2.05, 4.69) is 54.6 Å². The molecule has 3 rings (SSSR count). The maximum atomic E-state index is 5.18. The van der Waals surface area contributed by atoms with Crippen molar-refractivity contribution in [2.45, 2.75) is 18.3 Å². The third-order valence-electron chi connectivity index (χ3n) is 3.56. The van der Waals surface area contributed by atoms with Crippen LogP contribution in [0, 0.1) is 0 Å². The van der Waals surface area contributed by atoms with Crippen molar-refractivity contribution in [3.8, 4) is 5.75 Å². The lowest BCUT2D eigenvalue weighted by molar-refractivity contribution is 0.414. The van der Waals surface area contributed by atoms with E-state index < -0.39 is 0 Å². The van der Waals surface area contributed by atoms with Gasteiger partial charge in [0.05, 0.1) is 7.11 Å². The van der Waals surface area contributed by atoms with E-state index in [1.54, 1.807) is 7.11 Å². The predicted molar refractivity (Wildman–Crippen MR) is 69.5 cm³/mol. The lowest BCUT2D eigenvalue weighted by atomic mass is 10.0. The molecule has 17 heavy (non-hydrogen) atoms. The first-order valence-electron chi connectivity index (χ1n) is 6.07. The maximum Gasteiger partial charge on any atom is 0.118 e. The summed E-state index contributed by atoms with van der Waals surface area (Å²) in [6, 6.07) is 19.3. The highest BCUT2D eigenvalue weighted by molar-refractivity contribution is 5.38.